The molecule has 0 unspecified atom stereocenters. The van der Waals surface area contributed by atoms with Gasteiger partial charge in [0.1, 0.15) is 5.52 Å². The summed E-state index contributed by atoms with van der Waals surface area (Å²) in [5.74, 6) is 0. The topological polar surface area (TPSA) is 80.1 Å². The van der Waals surface area contributed by atoms with E-state index in [1.54, 1.807) is 12.3 Å². The zero-order chi connectivity index (χ0) is 13.8. The summed E-state index contributed by atoms with van der Waals surface area (Å²) in [6, 6.07) is 5.01. The van der Waals surface area contributed by atoms with Gasteiger partial charge in [0.25, 0.3) is 5.69 Å². The second-order valence-corrected chi connectivity index (χ2v) is 4.28. The molecule has 0 aliphatic heterocycles. The molecule has 0 aliphatic carbocycles. The second kappa shape index (κ2) is 5.62. The van der Waals surface area contributed by atoms with E-state index in [2.05, 4.69) is 15.6 Å². The minimum Gasteiger partial charge on any atom is -0.383 e. The minimum absolute atomic E-state index is 0.0363. The Labute approximate surface area is 111 Å². The van der Waals surface area contributed by atoms with E-state index >= 15 is 0 Å². The largest absolute Gasteiger partial charge is 0.383 e. The number of fused-ring (bicyclic) bond motifs is 1. The molecule has 0 spiro atoms. The van der Waals surface area contributed by atoms with E-state index < -0.39 is 4.92 Å². The van der Waals surface area contributed by atoms with Crippen molar-refractivity contribution >= 4 is 22.3 Å². The molecule has 0 saturated carbocycles. The number of anilines is 1. The second-order valence-electron chi connectivity index (χ2n) is 4.28. The Balaban J connectivity index is 2.53. The van der Waals surface area contributed by atoms with Crippen molar-refractivity contribution in [3.63, 3.8) is 0 Å². The number of hydrogen-bond acceptors (Lipinski definition) is 5. The maximum atomic E-state index is 11.0. The molecule has 0 saturated heterocycles. The summed E-state index contributed by atoms with van der Waals surface area (Å²) in [5, 5.41) is 18.1. The summed E-state index contributed by atoms with van der Waals surface area (Å²) in [5.41, 5.74) is 2.34. The molecular weight excluding hydrogens is 244 g/mol. The fourth-order valence-electron chi connectivity index (χ4n) is 2.00. The number of para-hydroxylation sites is 1. The van der Waals surface area contributed by atoms with Gasteiger partial charge in [0.05, 0.1) is 4.92 Å². The Bertz CT molecular complexity index is 613. The van der Waals surface area contributed by atoms with Crippen LogP contribution in [-0.4, -0.2) is 30.0 Å². The summed E-state index contributed by atoms with van der Waals surface area (Å²) in [6.45, 7) is 3.50. The summed E-state index contributed by atoms with van der Waals surface area (Å²) in [4.78, 5) is 14.8. The first kappa shape index (κ1) is 13.2. The molecule has 19 heavy (non-hydrogen) atoms. The highest BCUT2D eigenvalue weighted by molar-refractivity contribution is 5.97. The average molecular weight is 260 g/mol. The van der Waals surface area contributed by atoms with Crippen molar-refractivity contribution in [2.75, 3.05) is 25.5 Å². The third kappa shape index (κ3) is 2.63. The number of benzene rings is 1. The third-order valence-corrected chi connectivity index (χ3v) is 2.94. The smallest absolute Gasteiger partial charge is 0.295 e. The van der Waals surface area contributed by atoms with Crippen molar-refractivity contribution in [1.82, 2.24) is 10.3 Å². The van der Waals surface area contributed by atoms with Gasteiger partial charge < -0.3 is 10.6 Å². The number of aromatic nitrogens is 1. The number of hydrogen-bond donors (Lipinski definition) is 2. The van der Waals surface area contributed by atoms with Gasteiger partial charge in [-0.05, 0) is 19.5 Å². The lowest BCUT2D eigenvalue weighted by Crippen LogP contribution is -2.18. The standard InChI is InChI=1S/C13H16N4O2/c1-9-8-16-13-10(12(9)15-7-6-14-2)4-3-5-11(13)17(18)19/h3-5,8,14H,6-7H2,1-2H3,(H,15,16). The van der Waals surface area contributed by atoms with E-state index in [9.17, 15) is 10.1 Å². The van der Waals surface area contributed by atoms with Gasteiger partial charge in [-0.1, -0.05) is 12.1 Å². The van der Waals surface area contributed by atoms with Gasteiger partial charge >= 0.3 is 0 Å². The Morgan fingerprint density at radius 1 is 1.37 bits per heavy atom. The van der Waals surface area contributed by atoms with Gasteiger partial charge in [0, 0.05) is 36.4 Å². The predicted octanol–water partition coefficient (Wildman–Crippen LogP) is 2.08. The first-order chi connectivity index (χ1) is 9.15. The molecule has 1 aromatic carbocycles. The van der Waals surface area contributed by atoms with E-state index in [-0.39, 0.29) is 5.69 Å². The molecule has 2 N–H and O–H groups in total. The van der Waals surface area contributed by atoms with Crippen LogP contribution in [0.5, 0.6) is 0 Å². The van der Waals surface area contributed by atoms with E-state index in [1.165, 1.54) is 6.07 Å². The van der Waals surface area contributed by atoms with E-state index in [0.717, 1.165) is 29.7 Å². The van der Waals surface area contributed by atoms with Gasteiger partial charge in [0.2, 0.25) is 0 Å². The van der Waals surface area contributed by atoms with Crippen molar-refractivity contribution in [3.8, 4) is 0 Å². The molecule has 0 bridgehead atoms. The molecule has 0 amide bonds. The summed E-state index contributed by atoms with van der Waals surface area (Å²) in [6.07, 6.45) is 1.66. The fourth-order valence-corrected chi connectivity index (χ4v) is 2.00. The molecule has 100 valence electrons. The van der Waals surface area contributed by atoms with Crippen LogP contribution in [0, 0.1) is 17.0 Å². The molecule has 1 aromatic heterocycles. The number of non-ortho nitro benzene ring substituents is 1. The first-order valence-corrected chi connectivity index (χ1v) is 6.06. The lowest BCUT2D eigenvalue weighted by atomic mass is 10.1. The predicted molar refractivity (Wildman–Crippen MR) is 75.6 cm³/mol. The molecule has 0 radical (unpaired) electrons. The molecule has 0 atom stereocenters. The maximum absolute atomic E-state index is 11.0. The molecule has 2 rings (SSSR count). The Hall–Kier alpha value is -2.21. The van der Waals surface area contributed by atoms with Gasteiger partial charge in [-0.25, -0.2) is 4.98 Å². The highest BCUT2D eigenvalue weighted by Gasteiger charge is 2.15. The first-order valence-electron chi connectivity index (χ1n) is 6.06. The number of nitro groups is 1. The van der Waals surface area contributed by atoms with Crippen LogP contribution in [0.3, 0.4) is 0 Å². The number of nitrogens with zero attached hydrogens (tertiary/aromatic N) is 2. The van der Waals surface area contributed by atoms with Crippen LogP contribution in [0.1, 0.15) is 5.56 Å². The molecule has 0 fully saturated rings. The average Bonchev–Trinajstić information content (AvgIpc) is 2.40. The van der Waals surface area contributed by atoms with Crippen molar-refractivity contribution in [2.24, 2.45) is 0 Å². The number of aryl methyl sites for hydroxylation is 1. The number of likely N-dealkylation sites (N-methyl/N-ethyl adjacent to an activating group) is 1. The monoisotopic (exact) mass is 260 g/mol. The lowest BCUT2D eigenvalue weighted by molar-refractivity contribution is -0.383. The van der Waals surface area contributed by atoms with Crippen molar-refractivity contribution < 1.29 is 4.92 Å². The van der Waals surface area contributed by atoms with Crippen LogP contribution in [0.25, 0.3) is 10.9 Å². The summed E-state index contributed by atoms with van der Waals surface area (Å²) in [7, 11) is 1.88. The maximum Gasteiger partial charge on any atom is 0.295 e. The third-order valence-electron chi connectivity index (χ3n) is 2.94. The van der Waals surface area contributed by atoms with E-state index in [4.69, 9.17) is 0 Å². The van der Waals surface area contributed by atoms with Gasteiger partial charge in [-0.3, -0.25) is 10.1 Å². The van der Waals surface area contributed by atoms with Gasteiger partial charge in [-0.2, -0.15) is 0 Å². The molecule has 1 heterocycles. The number of nitro benzene ring substituents is 1. The Morgan fingerprint density at radius 2 is 2.16 bits per heavy atom. The van der Waals surface area contributed by atoms with E-state index in [0.29, 0.717) is 5.52 Å². The number of pyridine rings is 1. The van der Waals surface area contributed by atoms with Crippen molar-refractivity contribution in [2.45, 2.75) is 6.92 Å². The molecule has 6 nitrogen and oxygen atoms in total. The Kier molecular flexibility index (Phi) is 3.91. The highest BCUT2D eigenvalue weighted by atomic mass is 16.6. The van der Waals surface area contributed by atoms with Crippen LogP contribution in [-0.2, 0) is 0 Å². The molecule has 0 aliphatic rings. The highest BCUT2D eigenvalue weighted by Crippen LogP contribution is 2.30. The van der Waals surface area contributed by atoms with Gasteiger partial charge in [-0.15, -0.1) is 0 Å². The summed E-state index contributed by atoms with van der Waals surface area (Å²) >= 11 is 0. The molecular formula is C13H16N4O2. The Morgan fingerprint density at radius 3 is 2.84 bits per heavy atom. The molecule has 6 heteroatoms. The summed E-state index contributed by atoms with van der Waals surface area (Å²) < 4.78 is 0. The lowest BCUT2D eigenvalue weighted by Gasteiger charge is -2.12. The zero-order valence-corrected chi connectivity index (χ0v) is 10.9. The molecule has 2 aromatic rings. The van der Waals surface area contributed by atoms with Crippen molar-refractivity contribution in [3.05, 3.63) is 40.1 Å². The fraction of sp³-hybridized carbons (Fsp3) is 0.308. The zero-order valence-electron chi connectivity index (χ0n) is 10.9. The van der Waals surface area contributed by atoms with Gasteiger partial charge in [0.15, 0.2) is 0 Å². The van der Waals surface area contributed by atoms with Crippen molar-refractivity contribution in [1.29, 1.82) is 0 Å². The quantitative estimate of drug-likeness (QED) is 0.489. The van der Waals surface area contributed by atoms with Crippen LogP contribution < -0.4 is 10.6 Å². The number of nitrogens with one attached hydrogen (secondary N) is 2. The van der Waals surface area contributed by atoms with Crippen LogP contribution in [0.2, 0.25) is 0 Å². The number of rotatable bonds is 5. The SMILES string of the molecule is CNCCNc1c(C)cnc2c([N+](=O)[O-])cccc12. The van der Waals surface area contributed by atoms with Crippen LogP contribution >= 0.6 is 0 Å². The van der Waals surface area contributed by atoms with E-state index in [1.807, 2.05) is 20.0 Å². The minimum atomic E-state index is -0.401. The van der Waals surface area contributed by atoms with Crippen LogP contribution in [0.4, 0.5) is 11.4 Å². The normalized spacial score (nSPS) is 10.6. The van der Waals surface area contributed by atoms with Crippen LogP contribution in [0.15, 0.2) is 24.4 Å².